The van der Waals surface area contributed by atoms with Crippen LogP contribution in [0.3, 0.4) is 0 Å². The van der Waals surface area contributed by atoms with Gasteiger partial charge in [0.1, 0.15) is 5.76 Å². The number of carboxylic acid groups (broad SMARTS) is 1. The SMILES string of the molecule is CCc1nn(C)cc1CNCc1cc(C)c(C(=O)O)o1. The predicted molar refractivity (Wildman–Crippen MR) is 73.5 cm³/mol. The summed E-state index contributed by atoms with van der Waals surface area (Å²) in [7, 11) is 1.90. The van der Waals surface area contributed by atoms with Gasteiger partial charge in [0.05, 0.1) is 12.2 Å². The van der Waals surface area contributed by atoms with Gasteiger partial charge >= 0.3 is 5.97 Å². The molecule has 0 saturated heterocycles. The highest BCUT2D eigenvalue weighted by Gasteiger charge is 2.14. The van der Waals surface area contributed by atoms with E-state index < -0.39 is 5.97 Å². The van der Waals surface area contributed by atoms with Gasteiger partial charge in [-0.2, -0.15) is 5.10 Å². The third-order valence-electron chi connectivity index (χ3n) is 3.10. The number of aryl methyl sites for hydroxylation is 3. The van der Waals surface area contributed by atoms with E-state index in [1.54, 1.807) is 17.7 Å². The molecule has 0 aliphatic heterocycles. The summed E-state index contributed by atoms with van der Waals surface area (Å²) in [5, 5.41) is 16.5. The monoisotopic (exact) mass is 277 g/mol. The lowest BCUT2D eigenvalue weighted by Gasteiger charge is -2.02. The van der Waals surface area contributed by atoms with Crippen LogP contribution in [0, 0.1) is 6.92 Å². The van der Waals surface area contributed by atoms with Gasteiger partial charge < -0.3 is 14.8 Å². The molecule has 0 amide bonds. The van der Waals surface area contributed by atoms with Crippen molar-refractivity contribution < 1.29 is 14.3 Å². The molecule has 6 nitrogen and oxygen atoms in total. The summed E-state index contributed by atoms with van der Waals surface area (Å²) in [5.74, 6) is -0.395. The van der Waals surface area contributed by atoms with Crippen molar-refractivity contribution in [3.63, 3.8) is 0 Å². The van der Waals surface area contributed by atoms with Crippen LogP contribution in [-0.4, -0.2) is 20.9 Å². The molecule has 2 N–H and O–H groups in total. The Morgan fingerprint density at radius 3 is 2.85 bits per heavy atom. The second-order valence-corrected chi connectivity index (χ2v) is 4.76. The van der Waals surface area contributed by atoms with Gasteiger partial charge in [-0.3, -0.25) is 4.68 Å². The third-order valence-corrected chi connectivity index (χ3v) is 3.10. The Labute approximate surface area is 117 Å². The molecule has 0 bridgehead atoms. The highest BCUT2D eigenvalue weighted by atomic mass is 16.4. The Morgan fingerprint density at radius 1 is 1.50 bits per heavy atom. The predicted octanol–water partition coefficient (Wildman–Crippen LogP) is 1.87. The summed E-state index contributed by atoms with van der Waals surface area (Å²) in [6.45, 7) is 4.97. The van der Waals surface area contributed by atoms with Gasteiger partial charge in [-0.1, -0.05) is 6.92 Å². The van der Waals surface area contributed by atoms with Crippen LogP contribution in [0.4, 0.5) is 0 Å². The number of hydrogen-bond donors (Lipinski definition) is 2. The number of aromatic carboxylic acids is 1. The van der Waals surface area contributed by atoms with E-state index in [0.29, 0.717) is 24.4 Å². The minimum atomic E-state index is -1.03. The number of aromatic nitrogens is 2. The fourth-order valence-electron chi connectivity index (χ4n) is 2.20. The van der Waals surface area contributed by atoms with Gasteiger partial charge in [0.15, 0.2) is 0 Å². The Hall–Kier alpha value is -2.08. The van der Waals surface area contributed by atoms with Crippen molar-refractivity contribution in [3.05, 3.63) is 40.6 Å². The average Bonchev–Trinajstić information content (AvgIpc) is 2.92. The van der Waals surface area contributed by atoms with E-state index in [9.17, 15) is 4.79 Å². The first kappa shape index (κ1) is 14.3. The molecule has 2 rings (SSSR count). The first-order valence-electron chi connectivity index (χ1n) is 6.56. The molecule has 0 spiro atoms. The summed E-state index contributed by atoms with van der Waals surface area (Å²) in [4.78, 5) is 10.9. The maximum absolute atomic E-state index is 10.9. The van der Waals surface area contributed by atoms with Crippen molar-refractivity contribution in [1.82, 2.24) is 15.1 Å². The molecular weight excluding hydrogens is 258 g/mol. The van der Waals surface area contributed by atoms with Crippen LogP contribution >= 0.6 is 0 Å². The Balaban J connectivity index is 1.96. The van der Waals surface area contributed by atoms with E-state index in [2.05, 4.69) is 17.3 Å². The molecule has 0 aromatic carbocycles. The summed E-state index contributed by atoms with van der Waals surface area (Å²) in [6.07, 6.45) is 2.88. The van der Waals surface area contributed by atoms with Gasteiger partial charge in [-0.05, 0) is 19.4 Å². The number of nitrogens with one attached hydrogen (secondary N) is 1. The van der Waals surface area contributed by atoms with Crippen molar-refractivity contribution >= 4 is 5.97 Å². The molecule has 0 unspecified atom stereocenters. The van der Waals surface area contributed by atoms with Crippen LogP contribution in [0.15, 0.2) is 16.7 Å². The molecule has 0 aliphatic carbocycles. The molecule has 0 radical (unpaired) electrons. The first-order valence-corrected chi connectivity index (χ1v) is 6.56. The van der Waals surface area contributed by atoms with Crippen LogP contribution in [0.5, 0.6) is 0 Å². The van der Waals surface area contributed by atoms with Crippen LogP contribution in [0.2, 0.25) is 0 Å². The normalized spacial score (nSPS) is 10.9. The molecule has 0 saturated carbocycles. The van der Waals surface area contributed by atoms with E-state index >= 15 is 0 Å². The fourth-order valence-corrected chi connectivity index (χ4v) is 2.20. The summed E-state index contributed by atoms with van der Waals surface area (Å²) in [5.41, 5.74) is 2.86. The van der Waals surface area contributed by atoms with E-state index in [-0.39, 0.29) is 5.76 Å². The molecule has 108 valence electrons. The maximum Gasteiger partial charge on any atom is 0.372 e. The first-order chi connectivity index (χ1) is 9.51. The van der Waals surface area contributed by atoms with Crippen LogP contribution in [0.25, 0.3) is 0 Å². The summed E-state index contributed by atoms with van der Waals surface area (Å²) in [6, 6.07) is 1.75. The second kappa shape index (κ2) is 5.92. The minimum absolute atomic E-state index is 0.0115. The number of hydrogen-bond acceptors (Lipinski definition) is 4. The molecule has 0 aliphatic rings. The standard InChI is InChI=1S/C14H19N3O3/c1-4-12-10(8-17(3)16-12)6-15-7-11-5-9(2)13(20-11)14(18)19/h5,8,15H,4,6-7H2,1-3H3,(H,18,19). The van der Waals surface area contributed by atoms with Crippen molar-refractivity contribution in [2.45, 2.75) is 33.4 Å². The van der Waals surface area contributed by atoms with Crippen molar-refractivity contribution in [3.8, 4) is 0 Å². The number of nitrogens with zero attached hydrogens (tertiary/aromatic N) is 2. The number of carbonyl (C=O) groups is 1. The van der Waals surface area contributed by atoms with Gasteiger partial charge in [0, 0.05) is 30.9 Å². The Bertz CT molecular complexity index is 613. The van der Waals surface area contributed by atoms with Crippen LogP contribution in [-0.2, 0) is 26.6 Å². The molecule has 0 atom stereocenters. The van der Waals surface area contributed by atoms with Crippen LogP contribution in [0.1, 0.15) is 40.1 Å². The van der Waals surface area contributed by atoms with Crippen molar-refractivity contribution in [2.24, 2.45) is 7.05 Å². The van der Waals surface area contributed by atoms with Crippen molar-refractivity contribution in [2.75, 3.05) is 0 Å². The number of rotatable bonds is 6. The third kappa shape index (κ3) is 3.08. The van der Waals surface area contributed by atoms with Gasteiger partial charge in [0.25, 0.3) is 0 Å². The molecule has 2 heterocycles. The lowest BCUT2D eigenvalue weighted by Crippen LogP contribution is -2.12. The average molecular weight is 277 g/mol. The Morgan fingerprint density at radius 2 is 2.25 bits per heavy atom. The van der Waals surface area contributed by atoms with E-state index in [0.717, 1.165) is 17.7 Å². The largest absolute Gasteiger partial charge is 0.475 e. The zero-order valence-corrected chi connectivity index (χ0v) is 11.9. The second-order valence-electron chi connectivity index (χ2n) is 4.76. The molecule has 6 heteroatoms. The quantitative estimate of drug-likeness (QED) is 0.842. The van der Waals surface area contributed by atoms with Gasteiger partial charge in [0.2, 0.25) is 5.76 Å². The highest BCUT2D eigenvalue weighted by molar-refractivity contribution is 5.86. The fraction of sp³-hybridized carbons (Fsp3) is 0.429. The van der Waals surface area contributed by atoms with Crippen molar-refractivity contribution in [1.29, 1.82) is 0 Å². The zero-order valence-electron chi connectivity index (χ0n) is 11.9. The molecular formula is C14H19N3O3. The minimum Gasteiger partial charge on any atom is -0.475 e. The summed E-state index contributed by atoms with van der Waals surface area (Å²) >= 11 is 0. The molecule has 0 fully saturated rings. The highest BCUT2D eigenvalue weighted by Crippen LogP contribution is 2.15. The van der Waals surface area contributed by atoms with E-state index in [1.165, 1.54) is 0 Å². The Kier molecular flexibility index (Phi) is 4.24. The van der Waals surface area contributed by atoms with E-state index in [1.807, 2.05) is 13.2 Å². The summed E-state index contributed by atoms with van der Waals surface area (Å²) < 4.78 is 7.09. The number of carboxylic acids is 1. The smallest absolute Gasteiger partial charge is 0.372 e. The van der Waals surface area contributed by atoms with Gasteiger partial charge in [-0.15, -0.1) is 0 Å². The molecule has 20 heavy (non-hydrogen) atoms. The molecule has 2 aromatic rings. The zero-order chi connectivity index (χ0) is 14.7. The van der Waals surface area contributed by atoms with Crippen LogP contribution < -0.4 is 5.32 Å². The maximum atomic E-state index is 10.9. The topological polar surface area (TPSA) is 80.3 Å². The van der Waals surface area contributed by atoms with E-state index in [4.69, 9.17) is 9.52 Å². The molecule has 2 aromatic heterocycles. The van der Waals surface area contributed by atoms with Gasteiger partial charge in [-0.25, -0.2) is 4.79 Å². The lowest BCUT2D eigenvalue weighted by atomic mass is 10.2. The number of furan rings is 1. The lowest BCUT2D eigenvalue weighted by molar-refractivity contribution is 0.0659.